The van der Waals surface area contributed by atoms with Gasteiger partial charge in [0.2, 0.25) is 11.8 Å². The Morgan fingerprint density at radius 1 is 1.14 bits per heavy atom. The van der Waals surface area contributed by atoms with Crippen LogP contribution >= 0.6 is 11.8 Å². The van der Waals surface area contributed by atoms with Crippen molar-refractivity contribution in [2.24, 2.45) is 5.92 Å². The smallest absolute Gasteiger partial charge is 0.228 e. The van der Waals surface area contributed by atoms with Crippen molar-refractivity contribution < 1.29 is 9.59 Å². The Kier molecular flexibility index (Phi) is 6.29. The number of carbonyl (C=O) groups excluding carboxylic acids is 2. The molecular formula is C22H27N3O2S. The van der Waals surface area contributed by atoms with E-state index in [0.717, 1.165) is 21.8 Å². The Bertz CT molecular complexity index is 851. The highest BCUT2D eigenvalue weighted by molar-refractivity contribution is 7.98. The van der Waals surface area contributed by atoms with Gasteiger partial charge in [-0.1, -0.05) is 18.2 Å². The van der Waals surface area contributed by atoms with Crippen molar-refractivity contribution in [1.82, 2.24) is 4.90 Å². The molecule has 2 aromatic rings. The summed E-state index contributed by atoms with van der Waals surface area (Å²) in [5, 5.41) is 0. The molecule has 1 aliphatic heterocycles. The predicted octanol–water partition coefficient (Wildman–Crippen LogP) is 3.49. The predicted molar refractivity (Wildman–Crippen MR) is 116 cm³/mol. The van der Waals surface area contributed by atoms with Gasteiger partial charge in [-0.2, -0.15) is 0 Å². The number of hydrogen-bond acceptors (Lipinski definition) is 4. The molecule has 2 amide bonds. The van der Waals surface area contributed by atoms with Crippen molar-refractivity contribution in [3.05, 3.63) is 54.1 Å². The molecule has 3 rings (SSSR count). The number of amides is 2. The van der Waals surface area contributed by atoms with Crippen LogP contribution in [0.25, 0.3) is 0 Å². The quantitative estimate of drug-likeness (QED) is 0.700. The molecule has 1 heterocycles. The molecule has 5 nitrogen and oxygen atoms in total. The summed E-state index contributed by atoms with van der Waals surface area (Å²) in [5.41, 5.74) is 3.08. The Morgan fingerprint density at radius 3 is 2.50 bits per heavy atom. The maximum atomic E-state index is 12.9. The van der Waals surface area contributed by atoms with Gasteiger partial charge < -0.3 is 14.7 Å². The van der Waals surface area contributed by atoms with E-state index in [2.05, 4.69) is 0 Å². The minimum Gasteiger partial charge on any atom is -0.378 e. The normalized spacial score (nSPS) is 16.4. The van der Waals surface area contributed by atoms with Crippen LogP contribution in [0, 0.1) is 5.92 Å². The van der Waals surface area contributed by atoms with Gasteiger partial charge in [0.25, 0.3) is 0 Å². The maximum Gasteiger partial charge on any atom is 0.228 e. The van der Waals surface area contributed by atoms with Crippen LogP contribution in [-0.4, -0.2) is 50.7 Å². The van der Waals surface area contributed by atoms with Gasteiger partial charge in [-0.25, -0.2) is 0 Å². The van der Waals surface area contributed by atoms with Gasteiger partial charge in [0.1, 0.15) is 0 Å². The van der Waals surface area contributed by atoms with Crippen LogP contribution in [0.4, 0.5) is 11.4 Å². The zero-order valence-electron chi connectivity index (χ0n) is 16.9. The number of hydrogen-bond donors (Lipinski definition) is 0. The van der Waals surface area contributed by atoms with E-state index in [4.69, 9.17) is 0 Å². The minimum absolute atomic E-state index is 0.0142. The Morgan fingerprint density at radius 2 is 1.86 bits per heavy atom. The zero-order valence-corrected chi connectivity index (χ0v) is 17.7. The number of carbonyl (C=O) groups is 2. The average Bonchev–Trinajstić information content (AvgIpc) is 3.09. The number of benzene rings is 2. The second-order valence-electron chi connectivity index (χ2n) is 7.36. The number of nitrogens with zero attached hydrogens (tertiary/aromatic N) is 3. The molecule has 0 saturated carbocycles. The maximum absolute atomic E-state index is 12.9. The van der Waals surface area contributed by atoms with Crippen LogP contribution < -0.4 is 9.80 Å². The van der Waals surface area contributed by atoms with Gasteiger partial charge in [0, 0.05) is 56.9 Å². The molecule has 0 bridgehead atoms. The first-order chi connectivity index (χ1) is 13.4. The second kappa shape index (κ2) is 8.69. The largest absolute Gasteiger partial charge is 0.378 e. The van der Waals surface area contributed by atoms with Crippen molar-refractivity contribution in [2.75, 3.05) is 43.7 Å². The first kappa shape index (κ1) is 20.3. The molecule has 1 aliphatic rings. The molecule has 148 valence electrons. The molecule has 0 aliphatic carbocycles. The van der Waals surface area contributed by atoms with Crippen LogP contribution in [-0.2, 0) is 16.1 Å². The fraction of sp³-hybridized carbons (Fsp3) is 0.364. The summed E-state index contributed by atoms with van der Waals surface area (Å²) in [5.74, 6) is -0.259. The van der Waals surface area contributed by atoms with Crippen LogP contribution in [0.5, 0.6) is 0 Å². The molecule has 0 unspecified atom stereocenters. The highest BCUT2D eigenvalue weighted by atomic mass is 32.2. The summed E-state index contributed by atoms with van der Waals surface area (Å²) in [6.07, 6.45) is 2.28. The van der Waals surface area contributed by atoms with E-state index in [1.807, 2.05) is 80.8 Å². The molecule has 0 aromatic heterocycles. The monoisotopic (exact) mass is 397 g/mol. The minimum atomic E-state index is -0.295. The average molecular weight is 398 g/mol. The third kappa shape index (κ3) is 4.50. The van der Waals surface area contributed by atoms with Gasteiger partial charge in [-0.05, 0) is 42.2 Å². The number of anilines is 2. The molecule has 1 saturated heterocycles. The fourth-order valence-electron chi connectivity index (χ4n) is 3.46. The topological polar surface area (TPSA) is 43.9 Å². The molecule has 0 spiro atoms. The summed E-state index contributed by atoms with van der Waals surface area (Å²) in [6, 6.07) is 16.1. The lowest BCUT2D eigenvalue weighted by molar-refractivity contribution is -0.135. The Labute approximate surface area is 171 Å². The van der Waals surface area contributed by atoms with Crippen molar-refractivity contribution in [3.8, 4) is 0 Å². The van der Waals surface area contributed by atoms with Crippen molar-refractivity contribution in [3.63, 3.8) is 0 Å². The summed E-state index contributed by atoms with van der Waals surface area (Å²) < 4.78 is 0. The lowest BCUT2D eigenvalue weighted by atomic mass is 10.1. The Hall–Kier alpha value is -2.47. The van der Waals surface area contributed by atoms with E-state index < -0.39 is 0 Å². The van der Waals surface area contributed by atoms with Crippen LogP contribution in [0.3, 0.4) is 0 Å². The highest BCUT2D eigenvalue weighted by Gasteiger charge is 2.36. The SMILES string of the molecule is CSc1cccc(N2C[C@@H](C(=O)N(C)Cc3ccc(N(C)C)cc3)CC2=O)c1. The van der Waals surface area contributed by atoms with E-state index in [1.165, 1.54) is 0 Å². The number of thioether (sulfide) groups is 1. The fourth-order valence-corrected chi connectivity index (χ4v) is 3.92. The summed E-state index contributed by atoms with van der Waals surface area (Å²) in [7, 11) is 5.81. The number of rotatable bonds is 6. The van der Waals surface area contributed by atoms with E-state index in [-0.39, 0.29) is 24.2 Å². The van der Waals surface area contributed by atoms with Gasteiger partial charge in [-0.3, -0.25) is 9.59 Å². The summed E-state index contributed by atoms with van der Waals surface area (Å²) in [4.78, 5) is 32.0. The van der Waals surface area contributed by atoms with Crippen molar-refractivity contribution >= 4 is 35.0 Å². The molecule has 0 radical (unpaired) electrons. The first-order valence-corrected chi connectivity index (χ1v) is 10.6. The van der Waals surface area contributed by atoms with E-state index in [1.54, 1.807) is 21.6 Å². The van der Waals surface area contributed by atoms with Crippen LogP contribution in [0.2, 0.25) is 0 Å². The van der Waals surface area contributed by atoms with Gasteiger partial charge >= 0.3 is 0 Å². The van der Waals surface area contributed by atoms with E-state index >= 15 is 0 Å². The van der Waals surface area contributed by atoms with E-state index in [9.17, 15) is 9.59 Å². The van der Waals surface area contributed by atoms with Crippen LogP contribution in [0.1, 0.15) is 12.0 Å². The molecule has 1 fully saturated rings. The van der Waals surface area contributed by atoms with Gasteiger partial charge in [0.05, 0.1) is 5.92 Å². The van der Waals surface area contributed by atoms with Gasteiger partial charge in [-0.15, -0.1) is 11.8 Å². The third-order valence-corrected chi connectivity index (χ3v) is 5.81. The van der Waals surface area contributed by atoms with E-state index in [0.29, 0.717) is 13.1 Å². The summed E-state index contributed by atoms with van der Waals surface area (Å²) >= 11 is 1.64. The second-order valence-corrected chi connectivity index (χ2v) is 8.24. The van der Waals surface area contributed by atoms with Crippen LogP contribution in [0.15, 0.2) is 53.4 Å². The molecule has 0 N–H and O–H groups in total. The Balaban J connectivity index is 1.64. The van der Waals surface area contributed by atoms with Crippen molar-refractivity contribution in [2.45, 2.75) is 17.9 Å². The highest BCUT2D eigenvalue weighted by Crippen LogP contribution is 2.29. The molecule has 28 heavy (non-hydrogen) atoms. The summed E-state index contributed by atoms with van der Waals surface area (Å²) in [6.45, 7) is 0.985. The lowest BCUT2D eigenvalue weighted by Gasteiger charge is -2.22. The zero-order chi connectivity index (χ0) is 20.3. The molecule has 1 atom stereocenters. The standard InChI is InChI=1S/C22H27N3O2S/c1-23(2)18-10-8-16(9-11-18)14-24(3)22(27)17-12-21(26)25(15-17)19-6-5-7-20(13-19)28-4/h5-11,13,17H,12,14-15H2,1-4H3/t17-/m0/s1. The molecule has 6 heteroatoms. The first-order valence-electron chi connectivity index (χ1n) is 9.34. The van der Waals surface area contributed by atoms with Crippen molar-refractivity contribution in [1.29, 1.82) is 0 Å². The van der Waals surface area contributed by atoms with Gasteiger partial charge in [0.15, 0.2) is 0 Å². The lowest BCUT2D eigenvalue weighted by Crippen LogP contribution is -2.34. The third-order valence-electron chi connectivity index (χ3n) is 5.09. The molecule has 2 aromatic carbocycles. The molecular weight excluding hydrogens is 370 g/mol.